The van der Waals surface area contributed by atoms with Crippen molar-refractivity contribution in [1.82, 2.24) is 0 Å². The van der Waals surface area contributed by atoms with Gasteiger partial charge in [0.15, 0.2) is 0 Å². The van der Waals surface area contributed by atoms with Crippen LogP contribution in [-0.2, 0) is 4.74 Å². The second kappa shape index (κ2) is 6.55. The Morgan fingerprint density at radius 2 is 1.42 bits per heavy atom. The van der Waals surface area contributed by atoms with Gasteiger partial charge in [-0.15, -0.1) is 0 Å². The SMILES string of the molecule is O=C(O[C@H](Cl)c1ccc(Br)cc1)c1ccc(Br)cc1. The van der Waals surface area contributed by atoms with Crippen LogP contribution in [0.2, 0.25) is 0 Å². The molecule has 2 nitrogen and oxygen atoms in total. The molecular formula is C14H9Br2ClO2. The van der Waals surface area contributed by atoms with Crippen LogP contribution in [0.5, 0.6) is 0 Å². The fraction of sp³-hybridized carbons (Fsp3) is 0.0714. The van der Waals surface area contributed by atoms with E-state index in [9.17, 15) is 4.79 Å². The zero-order valence-electron chi connectivity index (χ0n) is 9.65. The normalized spacial score (nSPS) is 11.9. The highest BCUT2D eigenvalue weighted by atomic mass is 79.9. The van der Waals surface area contributed by atoms with E-state index in [1.54, 1.807) is 36.4 Å². The molecule has 0 unspecified atom stereocenters. The number of carbonyl (C=O) groups excluding carboxylic acids is 1. The van der Waals surface area contributed by atoms with Gasteiger partial charge in [0, 0.05) is 14.5 Å². The van der Waals surface area contributed by atoms with Crippen molar-refractivity contribution >= 4 is 49.4 Å². The third-order valence-corrected chi connectivity index (χ3v) is 3.82. The lowest BCUT2D eigenvalue weighted by Gasteiger charge is -2.11. The summed E-state index contributed by atoms with van der Waals surface area (Å²) in [6, 6.07) is 14.2. The molecule has 2 rings (SSSR count). The molecule has 2 aromatic carbocycles. The Morgan fingerprint density at radius 1 is 0.947 bits per heavy atom. The zero-order valence-corrected chi connectivity index (χ0v) is 13.6. The molecule has 0 saturated heterocycles. The molecule has 0 aliphatic rings. The second-order valence-electron chi connectivity index (χ2n) is 3.78. The van der Waals surface area contributed by atoms with E-state index >= 15 is 0 Å². The first-order valence-electron chi connectivity index (χ1n) is 5.42. The number of esters is 1. The summed E-state index contributed by atoms with van der Waals surface area (Å²) in [4.78, 5) is 11.9. The molecule has 0 bridgehead atoms. The van der Waals surface area contributed by atoms with Crippen LogP contribution in [-0.4, -0.2) is 5.97 Å². The van der Waals surface area contributed by atoms with Crippen LogP contribution in [0, 0.1) is 0 Å². The van der Waals surface area contributed by atoms with Gasteiger partial charge in [-0.25, -0.2) is 4.79 Å². The standard InChI is InChI=1S/C14H9Br2ClO2/c15-11-5-1-9(2-6-11)13(17)19-14(18)10-3-7-12(16)8-4-10/h1-8,13H/t13-/m0/s1. The summed E-state index contributed by atoms with van der Waals surface area (Å²) in [5, 5.41) is 0. The molecule has 0 N–H and O–H groups in total. The summed E-state index contributed by atoms with van der Waals surface area (Å²) in [5.41, 5.74) is 0.394. The first-order chi connectivity index (χ1) is 9.06. The molecule has 0 aliphatic carbocycles. The van der Waals surface area contributed by atoms with Crippen molar-refractivity contribution in [2.45, 2.75) is 5.56 Å². The first kappa shape index (κ1) is 14.6. The third-order valence-electron chi connectivity index (χ3n) is 2.42. The van der Waals surface area contributed by atoms with E-state index in [0.717, 1.165) is 14.5 Å². The smallest absolute Gasteiger partial charge is 0.339 e. The van der Waals surface area contributed by atoms with Crippen LogP contribution in [0.25, 0.3) is 0 Å². The molecular weight excluding hydrogens is 395 g/mol. The molecule has 0 aliphatic heterocycles. The lowest BCUT2D eigenvalue weighted by Crippen LogP contribution is -2.07. The molecule has 0 spiro atoms. The number of alkyl halides is 1. The van der Waals surface area contributed by atoms with Gasteiger partial charge in [0.05, 0.1) is 5.56 Å². The number of benzene rings is 2. The zero-order chi connectivity index (χ0) is 13.8. The quantitative estimate of drug-likeness (QED) is 0.512. The predicted octanol–water partition coefficient (Wildman–Crippen LogP) is 5.31. The maximum Gasteiger partial charge on any atom is 0.339 e. The van der Waals surface area contributed by atoms with Crippen molar-refractivity contribution in [2.24, 2.45) is 0 Å². The number of carbonyl (C=O) groups is 1. The summed E-state index contributed by atoms with van der Waals surface area (Å²) >= 11 is 12.7. The Balaban J connectivity index is 2.06. The number of ether oxygens (including phenoxy) is 1. The van der Waals surface area contributed by atoms with E-state index in [0.29, 0.717) is 5.56 Å². The van der Waals surface area contributed by atoms with Gasteiger partial charge in [0.1, 0.15) is 0 Å². The van der Waals surface area contributed by atoms with Crippen molar-refractivity contribution in [2.75, 3.05) is 0 Å². The maximum atomic E-state index is 11.9. The molecule has 0 fully saturated rings. The highest BCUT2D eigenvalue weighted by Gasteiger charge is 2.15. The summed E-state index contributed by atoms with van der Waals surface area (Å²) in [7, 11) is 0. The predicted molar refractivity (Wildman–Crippen MR) is 82.3 cm³/mol. The van der Waals surface area contributed by atoms with Gasteiger partial charge in [-0.1, -0.05) is 55.6 Å². The van der Waals surface area contributed by atoms with E-state index in [4.69, 9.17) is 16.3 Å². The lowest BCUT2D eigenvalue weighted by atomic mass is 10.2. The Hall–Kier alpha value is -0.840. The molecule has 1 atom stereocenters. The lowest BCUT2D eigenvalue weighted by molar-refractivity contribution is 0.0446. The summed E-state index contributed by atoms with van der Waals surface area (Å²) in [5.74, 6) is -0.449. The van der Waals surface area contributed by atoms with Gasteiger partial charge in [0.2, 0.25) is 5.56 Å². The average molecular weight is 404 g/mol. The number of hydrogen-bond acceptors (Lipinski definition) is 2. The average Bonchev–Trinajstić information content (AvgIpc) is 2.40. The van der Waals surface area contributed by atoms with Crippen LogP contribution in [0.3, 0.4) is 0 Å². The summed E-state index contributed by atoms with van der Waals surface area (Å²) < 4.78 is 7.04. The van der Waals surface area contributed by atoms with Gasteiger partial charge in [0.25, 0.3) is 0 Å². The minimum atomic E-state index is -0.802. The van der Waals surface area contributed by atoms with Crippen molar-refractivity contribution in [1.29, 1.82) is 0 Å². The van der Waals surface area contributed by atoms with Crippen LogP contribution < -0.4 is 0 Å². The van der Waals surface area contributed by atoms with E-state index < -0.39 is 11.5 Å². The van der Waals surface area contributed by atoms with Gasteiger partial charge >= 0.3 is 5.97 Å². The maximum absolute atomic E-state index is 11.9. The van der Waals surface area contributed by atoms with Gasteiger partial charge in [-0.2, -0.15) is 0 Å². The molecule has 0 saturated carbocycles. The molecule has 0 radical (unpaired) electrons. The van der Waals surface area contributed by atoms with Gasteiger partial charge in [-0.05, 0) is 36.4 Å². The second-order valence-corrected chi connectivity index (χ2v) is 6.01. The van der Waals surface area contributed by atoms with E-state index in [-0.39, 0.29) is 0 Å². The number of hydrogen-bond donors (Lipinski definition) is 0. The molecule has 19 heavy (non-hydrogen) atoms. The highest BCUT2D eigenvalue weighted by Crippen LogP contribution is 2.25. The Labute approximate surface area is 133 Å². The minimum Gasteiger partial charge on any atom is -0.438 e. The molecule has 0 aromatic heterocycles. The Morgan fingerprint density at radius 3 is 1.95 bits per heavy atom. The third kappa shape index (κ3) is 4.06. The van der Waals surface area contributed by atoms with Gasteiger partial charge in [-0.3, -0.25) is 0 Å². The summed E-state index contributed by atoms with van der Waals surface area (Å²) in [6.07, 6.45) is 0. The fourth-order valence-electron chi connectivity index (χ4n) is 1.43. The minimum absolute atomic E-state index is 0.449. The first-order valence-corrected chi connectivity index (χ1v) is 7.44. The van der Waals surface area contributed by atoms with E-state index in [2.05, 4.69) is 31.9 Å². The van der Waals surface area contributed by atoms with Crippen molar-refractivity contribution in [3.63, 3.8) is 0 Å². The number of rotatable bonds is 3. The number of halogens is 3. The molecule has 5 heteroatoms. The monoisotopic (exact) mass is 402 g/mol. The largest absolute Gasteiger partial charge is 0.438 e. The van der Waals surface area contributed by atoms with Crippen molar-refractivity contribution in [3.8, 4) is 0 Å². The summed E-state index contributed by atoms with van der Waals surface area (Å²) in [6.45, 7) is 0. The van der Waals surface area contributed by atoms with Crippen molar-refractivity contribution < 1.29 is 9.53 Å². The van der Waals surface area contributed by atoms with Crippen molar-refractivity contribution in [3.05, 3.63) is 68.6 Å². The molecule has 2 aromatic rings. The van der Waals surface area contributed by atoms with E-state index in [1.807, 2.05) is 12.1 Å². The topological polar surface area (TPSA) is 26.3 Å². The Kier molecular flexibility index (Phi) is 5.02. The molecule has 0 heterocycles. The Bertz CT molecular complexity index is 567. The van der Waals surface area contributed by atoms with Crippen LogP contribution in [0.4, 0.5) is 0 Å². The van der Waals surface area contributed by atoms with Gasteiger partial charge < -0.3 is 4.74 Å². The van der Waals surface area contributed by atoms with Crippen LogP contribution in [0.15, 0.2) is 57.5 Å². The van der Waals surface area contributed by atoms with Crippen LogP contribution in [0.1, 0.15) is 21.5 Å². The molecule has 0 amide bonds. The van der Waals surface area contributed by atoms with Crippen LogP contribution >= 0.6 is 43.5 Å². The molecule has 98 valence electrons. The van der Waals surface area contributed by atoms with E-state index in [1.165, 1.54) is 0 Å². The fourth-order valence-corrected chi connectivity index (χ4v) is 2.19. The highest BCUT2D eigenvalue weighted by molar-refractivity contribution is 9.10.